The fourth-order valence-corrected chi connectivity index (χ4v) is 9.29. The lowest BCUT2D eigenvalue weighted by molar-refractivity contribution is -0.141. The van der Waals surface area contributed by atoms with Gasteiger partial charge in [0, 0.05) is 35.6 Å². The lowest BCUT2D eigenvalue weighted by atomic mass is 10.0. The van der Waals surface area contributed by atoms with Crippen molar-refractivity contribution in [3.63, 3.8) is 0 Å². The van der Waals surface area contributed by atoms with Crippen molar-refractivity contribution in [2.45, 2.75) is 120 Å². The van der Waals surface area contributed by atoms with E-state index in [0.717, 1.165) is 18.4 Å². The van der Waals surface area contributed by atoms with Gasteiger partial charge in [-0.15, -0.1) is 0 Å². The van der Waals surface area contributed by atoms with E-state index in [1.807, 2.05) is 39.0 Å². The number of pyridine rings is 1. The van der Waals surface area contributed by atoms with Gasteiger partial charge in [-0.05, 0) is 77.5 Å². The number of amides is 4. The molecular weight excluding hydrogens is 786 g/mol. The van der Waals surface area contributed by atoms with Gasteiger partial charge in [0.25, 0.3) is 11.8 Å². The quantitative estimate of drug-likeness (QED) is 0.225. The third-order valence-electron chi connectivity index (χ3n) is 11.3. The fraction of sp³-hybridized carbons (Fsp3) is 0.561. The Kier molecular flexibility index (Phi) is 12.2. The van der Waals surface area contributed by atoms with Gasteiger partial charge in [0.2, 0.25) is 27.7 Å². The number of halogens is 1. The summed E-state index contributed by atoms with van der Waals surface area (Å²) in [5.74, 6) is -1.78. The van der Waals surface area contributed by atoms with E-state index < -0.39 is 75.2 Å². The smallest absolute Gasteiger partial charge is 0.272 e. The Balaban J connectivity index is 1.22. The number of carbonyl (C=O) groups is 4. The molecule has 4 aliphatic rings. The summed E-state index contributed by atoms with van der Waals surface area (Å²) in [6.07, 6.45) is 8.35. The Morgan fingerprint density at radius 1 is 1.10 bits per heavy atom. The summed E-state index contributed by atoms with van der Waals surface area (Å²) in [6.45, 7) is 4.85. The highest BCUT2D eigenvalue weighted by Crippen LogP contribution is 2.46. The number of alkyl halides is 1. The standard InChI is InChI=1S/C41H52FN7O9S/c1-24(2)57-35-21-34(29-14-15-33(56-4)25(3)36(29)44-35)58-27-20-32-38(51)45-41(40(53)47-59(54,55)28-12-13-28)22-26(41)10-8-6-5-7-9-11-31(39(52)49(32)23-27)43-37(50)30-16-18-48(46-30)19-17-42/h8,10,14-16,18,21,24,26-28,31-32H,5-7,9,11-13,17,19-20,22-23H2,1-4H3,(H,43,50)(H,45,51)(H,47,53)/b10-8-/t26?,27-,31+,32+,41-/m1/s1. The minimum atomic E-state index is -3.93. The molecule has 7 rings (SSSR count). The Hall–Kier alpha value is -5.26. The number of hydrogen-bond donors (Lipinski definition) is 3. The van der Waals surface area contributed by atoms with Crippen molar-refractivity contribution in [2.24, 2.45) is 5.92 Å². The molecule has 59 heavy (non-hydrogen) atoms. The van der Waals surface area contributed by atoms with Crippen LogP contribution in [-0.4, -0.2) is 107 Å². The Bertz CT molecular complexity index is 2240. The van der Waals surface area contributed by atoms with E-state index in [2.05, 4.69) is 20.5 Å². The highest BCUT2D eigenvalue weighted by Gasteiger charge is 2.62. The minimum Gasteiger partial charge on any atom is -0.496 e. The van der Waals surface area contributed by atoms with Crippen molar-refractivity contribution in [1.29, 1.82) is 0 Å². The molecule has 18 heteroatoms. The maximum atomic E-state index is 14.7. The molecule has 3 fully saturated rings. The van der Waals surface area contributed by atoms with Gasteiger partial charge in [-0.3, -0.25) is 28.6 Å². The normalized spacial score (nSPS) is 25.6. The van der Waals surface area contributed by atoms with Crippen molar-refractivity contribution in [3.8, 4) is 17.4 Å². The van der Waals surface area contributed by atoms with Crippen LogP contribution < -0.4 is 29.6 Å². The predicted molar refractivity (Wildman–Crippen MR) is 214 cm³/mol. The summed E-state index contributed by atoms with van der Waals surface area (Å²) < 4.78 is 60.6. The van der Waals surface area contributed by atoms with E-state index in [1.54, 1.807) is 19.2 Å². The molecular formula is C41H52FN7O9S. The van der Waals surface area contributed by atoms with Gasteiger partial charge in [0.15, 0.2) is 0 Å². The van der Waals surface area contributed by atoms with Crippen LogP contribution in [0, 0.1) is 12.8 Å². The van der Waals surface area contributed by atoms with Gasteiger partial charge < -0.3 is 29.7 Å². The summed E-state index contributed by atoms with van der Waals surface area (Å²) in [4.78, 5) is 62.7. The Morgan fingerprint density at radius 2 is 1.90 bits per heavy atom. The first-order valence-electron chi connectivity index (χ1n) is 20.3. The molecule has 4 heterocycles. The first kappa shape index (κ1) is 41.9. The highest BCUT2D eigenvalue weighted by atomic mass is 32.2. The summed E-state index contributed by atoms with van der Waals surface area (Å²) in [7, 11) is -2.36. The number of nitrogens with one attached hydrogen (secondary N) is 3. The number of nitrogens with zero attached hydrogens (tertiary/aromatic N) is 4. The molecule has 3 aromatic rings. The van der Waals surface area contributed by atoms with Crippen molar-refractivity contribution < 1.29 is 46.2 Å². The molecule has 2 saturated carbocycles. The van der Waals surface area contributed by atoms with Crippen LogP contribution in [0.4, 0.5) is 4.39 Å². The first-order valence-corrected chi connectivity index (χ1v) is 21.8. The molecule has 0 radical (unpaired) electrons. The van der Waals surface area contributed by atoms with Gasteiger partial charge in [0.1, 0.15) is 47.6 Å². The number of fused-ring (bicyclic) bond motifs is 3. The second kappa shape index (κ2) is 17.1. The van der Waals surface area contributed by atoms with E-state index in [4.69, 9.17) is 19.2 Å². The first-order chi connectivity index (χ1) is 28.2. The maximum Gasteiger partial charge on any atom is 0.272 e. The van der Waals surface area contributed by atoms with E-state index in [1.165, 1.54) is 21.8 Å². The third-order valence-corrected chi connectivity index (χ3v) is 13.1. The van der Waals surface area contributed by atoms with Crippen molar-refractivity contribution in [3.05, 3.63) is 53.9 Å². The molecule has 1 saturated heterocycles. The zero-order valence-corrected chi connectivity index (χ0v) is 34.6. The fourth-order valence-electron chi connectivity index (χ4n) is 7.93. The predicted octanol–water partition coefficient (Wildman–Crippen LogP) is 3.66. The number of allylic oxidation sites excluding steroid dienone is 1. The van der Waals surface area contributed by atoms with Crippen LogP contribution in [0.2, 0.25) is 0 Å². The van der Waals surface area contributed by atoms with Gasteiger partial charge in [-0.25, -0.2) is 17.8 Å². The van der Waals surface area contributed by atoms with Crippen LogP contribution in [0.25, 0.3) is 10.9 Å². The third kappa shape index (κ3) is 9.16. The molecule has 318 valence electrons. The average Bonchev–Trinajstić information content (AvgIpc) is 4.07. The lowest BCUT2D eigenvalue weighted by Gasteiger charge is -2.29. The highest BCUT2D eigenvalue weighted by molar-refractivity contribution is 7.91. The number of hydrogen-bond acceptors (Lipinski definition) is 11. The number of benzene rings is 1. The van der Waals surface area contributed by atoms with E-state index in [9.17, 15) is 32.0 Å². The van der Waals surface area contributed by atoms with E-state index >= 15 is 0 Å². The zero-order valence-electron chi connectivity index (χ0n) is 33.7. The van der Waals surface area contributed by atoms with Crippen LogP contribution in [0.5, 0.6) is 17.4 Å². The number of aryl methyl sites for hydroxylation is 2. The zero-order chi connectivity index (χ0) is 42.1. The van der Waals surface area contributed by atoms with Crippen molar-refractivity contribution in [1.82, 2.24) is 35.0 Å². The summed E-state index contributed by atoms with van der Waals surface area (Å²) in [5, 5.41) is 9.85. The van der Waals surface area contributed by atoms with Crippen molar-refractivity contribution in [2.75, 3.05) is 20.3 Å². The molecule has 16 nitrogen and oxygen atoms in total. The van der Waals surface area contributed by atoms with Gasteiger partial charge >= 0.3 is 0 Å². The molecule has 5 atom stereocenters. The van der Waals surface area contributed by atoms with Crippen LogP contribution in [0.1, 0.15) is 87.7 Å². The Labute approximate surface area is 342 Å². The molecule has 1 aromatic carbocycles. The number of methoxy groups -OCH3 is 1. The molecule has 4 amide bonds. The van der Waals surface area contributed by atoms with Gasteiger partial charge in [-0.2, -0.15) is 5.10 Å². The van der Waals surface area contributed by atoms with E-state index in [-0.39, 0.29) is 44.1 Å². The molecule has 0 spiro atoms. The van der Waals surface area contributed by atoms with Gasteiger partial charge in [-0.1, -0.05) is 25.0 Å². The summed E-state index contributed by atoms with van der Waals surface area (Å²) in [6, 6.07) is 4.48. The maximum absolute atomic E-state index is 14.7. The second-order valence-corrected chi connectivity index (χ2v) is 18.0. The second-order valence-electron chi connectivity index (χ2n) is 16.1. The van der Waals surface area contributed by atoms with Gasteiger partial charge in [0.05, 0.1) is 37.1 Å². The van der Waals surface area contributed by atoms with Crippen LogP contribution in [-0.2, 0) is 31.0 Å². The Morgan fingerprint density at radius 3 is 2.63 bits per heavy atom. The SMILES string of the molecule is COc1ccc2c(O[C@@H]3C[C@H]4C(=O)N[C@]5(C(=O)NS(=O)(=O)C6CC6)CC5/C=C\CCCCC[C@H](NC(=O)c5ccn(CCF)n5)C(=O)N4C3)cc(OC(C)C)nc2c1C. The summed E-state index contributed by atoms with van der Waals surface area (Å²) >= 11 is 0. The number of sulfonamides is 1. The monoisotopic (exact) mass is 837 g/mol. The molecule has 3 N–H and O–H groups in total. The number of carbonyl (C=O) groups excluding carboxylic acids is 4. The number of rotatable bonds is 12. The number of aromatic nitrogens is 3. The lowest BCUT2D eigenvalue weighted by Crippen LogP contribution is -2.58. The molecule has 2 aliphatic heterocycles. The van der Waals surface area contributed by atoms with Crippen LogP contribution >= 0.6 is 0 Å². The van der Waals surface area contributed by atoms with Crippen molar-refractivity contribution >= 4 is 44.6 Å². The molecule has 1 unspecified atom stereocenters. The minimum absolute atomic E-state index is 0.00375. The molecule has 0 bridgehead atoms. The largest absolute Gasteiger partial charge is 0.496 e. The molecule has 2 aromatic heterocycles. The molecule has 2 aliphatic carbocycles. The number of ether oxygens (including phenoxy) is 3. The summed E-state index contributed by atoms with van der Waals surface area (Å²) in [5.41, 5.74) is -0.200. The van der Waals surface area contributed by atoms with Crippen LogP contribution in [0.15, 0.2) is 42.6 Å². The van der Waals surface area contributed by atoms with Crippen LogP contribution in [0.3, 0.4) is 0 Å². The topological polar surface area (TPSA) is 200 Å². The van der Waals surface area contributed by atoms with E-state index in [0.29, 0.717) is 54.0 Å². The average molecular weight is 838 g/mol.